The number of hydrogen-bond donors (Lipinski definition) is 4. The number of carbonyl (C=O) groups excluding carboxylic acids is 1. The molecule has 2 atom stereocenters. The van der Waals surface area contributed by atoms with E-state index in [1.807, 2.05) is 11.5 Å². The van der Waals surface area contributed by atoms with Crippen LogP contribution in [0.25, 0.3) is 11.2 Å². The number of nitrogens with two attached hydrogens (primary N) is 1. The monoisotopic (exact) mass is 515 g/mol. The van der Waals surface area contributed by atoms with Crippen molar-refractivity contribution in [2.24, 2.45) is 11.7 Å². The van der Waals surface area contributed by atoms with E-state index in [-0.39, 0.29) is 28.9 Å². The van der Waals surface area contributed by atoms with E-state index in [2.05, 4.69) is 15.6 Å². The van der Waals surface area contributed by atoms with Gasteiger partial charge in [-0.1, -0.05) is 11.6 Å². The number of fused-ring (bicyclic) bond motifs is 1. The minimum Gasteiger partial charge on any atom is -0.390 e. The fraction of sp³-hybridized carbons (Fsp3) is 0.520. The molecule has 36 heavy (non-hydrogen) atoms. The van der Waals surface area contributed by atoms with Crippen LogP contribution in [0.4, 0.5) is 22.0 Å². The van der Waals surface area contributed by atoms with Gasteiger partial charge in [-0.05, 0) is 76.5 Å². The van der Waals surface area contributed by atoms with E-state index in [0.717, 1.165) is 32.1 Å². The van der Waals surface area contributed by atoms with E-state index in [4.69, 9.17) is 27.3 Å². The molecule has 5 rings (SSSR count). The summed E-state index contributed by atoms with van der Waals surface area (Å²) in [6, 6.07) is 4.25. The molecule has 0 unspecified atom stereocenters. The maximum atomic E-state index is 13.6. The molecule has 11 heteroatoms. The zero-order chi connectivity index (χ0) is 25.4. The Morgan fingerprint density at radius 2 is 2.03 bits per heavy atom. The third-order valence-corrected chi connectivity index (χ3v) is 7.67. The van der Waals surface area contributed by atoms with Crippen molar-refractivity contribution in [1.82, 2.24) is 19.5 Å². The number of benzene rings is 1. The second-order valence-electron chi connectivity index (χ2n) is 10.3. The molecule has 9 nitrogen and oxygen atoms in total. The minimum atomic E-state index is -0.702. The lowest BCUT2D eigenvalue weighted by Crippen LogP contribution is -2.38. The van der Waals surface area contributed by atoms with Gasteiger partial charge in [0.2, 0.25) is 17.8 Å². The van der Waals surface area contributed by atoms with Crippen LogP contribution in [0, 0.1) is 11.7 Å². The van der Waals surface area contributed by atoms with Crippen molar-refractivity contribution in [2.45, 2.75) is 76.0 Å². The van der Waals surface area contributed by atoms with E-state index >= 15 is 0 Å². The van der Waals surface area contributed by atoms with Crippen LogP contribution in [0.5, 0.6) is 0 Å². The van der Waals surface area contributed by atoms with Crippen molar-refractivity contribution in [1.29, 1.82) is 0 Å². The molecule has 2 saturated carbocycles. The minimum absolute atomic E-state index is 0.0329. The zero-order valence-corrected chi connectivity index (χ0v) is 20.9. The summed E-state index contributed by atoms with van der Waals surface area (Å²) >= 11 is 6.28. The lowest BCUT2D eigenvalue weighted by atomic mass is 9.83. The number of nitrogens with zero attached hydrogens (tertiary/aromatic N) is 4. The predicted molar refractivity (Wildman–Crippen MR) is 137 cm³/mol. The van der Waals surface area contributed by atoms with E-state index < -0.39 is 11.4 Å². The fourth-order valence-electron chi connectivity index (χ4n) is 5.49. The summed E-state index contributed by atoms with van der Waals surface area (Å²) in [7, 11) is 0. The number of hydrogen-bond acceptors (Lipinski definition) is 7. The average Bonchev–Trinajstić information content (AvgIpc) is 3.17. The van der Waals surface area contributed by atoms with E-state index in [1.54, 1.807) is 12.3 Å². The van der Waals surface area contributed by atoms with Gasteiger partial charge < -0.3 is 21.5 Å². The number of halogens is 2. The van der Waals surface area contributed by atoms with Gasteiger partial charge in [0, 0.05) is 18.0 Å². The Labute approximate surface area is 213 Å². The lowest BCUT2D eigenvalue weighted by molar-refractivity contribution is -0.122. The number of amides is 1. The van der Waals surface area contributed by atoms with Crippen LogP contribution in [-0.4, -0.2) is 42.2 Å². The quantitative estimate of drug-likeness (QED) is 0.374. The molecular formula is C25H31ClFN7O2. The summed E-state index contributed by atoms with van der Waals surface area (Å²) in [5, 5.41) is 17.3. The first-order valence-electron chi connectivity index (χ1n) is 12.4. The number of rotatable bonds is 6. The average molecular weight is 516 g/mol. The molecule has 3 aromatic rings. The maximum absolute atomic E-state index is 13.6. The number of imidazole rings is 1. The molecule has 0 bridgehead atoms. The highest BCUT2D eigenvalue weighted by Gasteiger charge is 2.31. The summed E-state index contributed by atoms with van der Waals surface area (Å²) in [6.45, 7) is 1.86. The van der Waals surface area contributed by atoms with Gasteiger partial charge in [-0.15, -0.1) is 0 Å². The van der Waals surface area contributed by atoms with Crippen molar-refractivity contribution < 1.29 is 14.3 Å². The number of aromatic nitrogens is 4. The molecule has 2 aliphatic rings. The standard InChI is InChI=1S/C25H31ClFN7O2/c1-25(36)10-2-3-16(12-25)30-23-29-13-20-22(33-23)34(17-7-4-14(5-8-17)21(28)35)24(32-20)31-19-9-6-15(27)11-18(19)26/h6,9,11,13-14,16-17,36H,2-5,7-8,10,12H2,1H3,(H2,28,35)(H,31,32)(H,29,30,33)/t14?,16-,17?,25-/m0/s1. The van der Waals surface area contributed by atoms with Crippen LogP contribution >= 0.6 is 11.6 Å². The van der Waals surface area contributed by atoms with E-state index in [9.17, 15) is 14.3 Å². The summed E-state index contributed by atoms with van der Waals surface area (Å²) in [6.07, 6.45) is 7.80. The number of carbonyl (C=O) groups is 1. The number of primary amides is 1. The third kappa shape index (κ3) is 5.24. The second kappa shape index (κ2) is 9.82. The molecule has 192 valence electrons. The SMILES string of the molecule is C[C@]1(O)CCC[C@H](Nc2ncc3nc(Nc4ccc(F)cc4Cl)n(C4CCC(C(N)=O)CC4)c3n2)C1. The molecule has 0 radical (unpaired) electrons. The van der Waals surface area contributed by atoms with Gasteiger partial charge in [-0.2, -0.15) is 4.98 Å². The van der Waals surface area contributed by atoms with Gasteiger partial charge in [-0.3, -0.25) is 9.36 Å². The number of nitrogens with one attached hydrogen (secondary N) is 2. The maximum Gasteiger partial charge on any atom is 0.224 e. The highest BCUT2D eigenvalue weighted by atomic mass is 35.5. The topological polar surface area (TPSA) is 131 Å². The molecular weight excluding hydrogens is 485 g/mol. The second-order valence-corrected chi connectivity index (χ2v) is 10.7. The number of anilines is 3. The van der Waals surface area contributed by atoms with Crippen LogP contribution < -0.4 is 16.4 Å². The van der Waals surface area contributed by atoms with Crippen LogP contribution in [0.1, 0.15) is 64.3 Å². The Kier molecular flexibility index (Phi) is 6.74. The van der Waals surface area contributed by atoms with Crippen molar-refractivity contribution in [2.75, 3.05) is 10.6 Å². The summed E-state index contributed by atoms with van der Waals surface area (Å²) in [5.41, 5.74) is 6.63. The van der Waals surface area contributed by atoms with Gasteiger partial charge in [0.05, 0.1) is 22.5 Å². The zero-order valence-electron chi connectivity index (χ0n) is 20.2. The molecule has 2 aliphatic carbocycles. The molecule has 0 saturated heterocycles. The predicted octanol–water partition coefficient (Wildman–Crippen LogP) is 4.68. The van der Waals surface area contributed by atoms with E-state index in [1.165, 1.54) is 12.1 Å². The molecule has 1 aromatic carbocycles. The summed E-state index contributed by atoms with van der Waals surface area (Å²) in [5.74, 6) is 0.172. The fourth-order valence-corrected chi connectivity index (χ4v) is 5.71. The van der Waals surface area contributed by atoms with Gasteiger partial charge in [0.15, 0.2) is 5.65 Å². The van der Waals surface area contributed by atoms with Gasteiger partial charge >= 0.3 is 0 Å². The van der Waals surface area contributed by atoms with Crippen molar-refractivity contribution >= 4 is 46.3 Å². The first-order chi connectivity index (χ1) is 17.2. The first kappa shape index (κ1) is 24.7. The highest BCUT2D eigenvalue weighted by molar-refractivity contribution is 6.33. The normalized spacial score (nSPS) is 26.6. The molecule has 1 amide bonds. The Balaban J connectivity index is 1.49. The molecule has 2 aromatic heterocycles. The van der Waals surface area contributed by atoms with Gasteiger partial charge in [-0.25, -0.2) is 14.4 Å². The smallest absolute Gasteiger partial charge is 0.224 e. The van der Waals surface area contributed by atoms with E-state index in [0.29, 0.717) is 48.0 Å². The Morgan fingerprint density at radius 1 is 1.25 bits per heavy atom. The molecule has 0 spiro atoms. The first-order valence-corrected chi connectivity index (χ1v) is 12.8. The molecule has 2 heterocycles. The Morgan fingerprint density at radius 3 is 2.72 bits per heavy atom. The third-order valence-electron chi connectivity index (χ3n) is 7.36. The van der Waals surface area contributed by atoms with Crippen molar-refractivity contribution in [3.8, 4) is 0 Å². The Bertz CT molecular complexity index is 1270. The van der Waals surface area contributed by atoms with Crippen LogP contribution in [0.2, 0.25) is 5.02 Å². The van der Waals surface area contributed by atoms with Gasteiger partial charge in [0.1, 0.15) is 11.3 Å². The van der Waals surface area contributed by atoms with Crippen molar-refractivity contribution in [3.63, 3.8) is 0 Å². The Hall–Kier alpha value is -2.98. The lowest BCUT2D eigenvalue weighted by Gasteiger charge is -2.34. The van der Waals surface area contributed by atoms with Crippen LogP contribution in [0.15, 0.2) is 24.4 Å². The highest BCUT2D eigenvalue weighted by Crippen LogP contribution is 2.38. The summed E-state index contributed by atoms with van der Waals surface area (Å²) < 4.78 is 15.6. The summed E-state index contributed by atoms with van der Waals surface area (Å²) in [4.78, 5) is 25.7. The number of aliphatic hydroxyl groups is 1. The van der Waals surface area contributed by atoms with Crippen LogP contribution in [0.3, 0.4) is 0 Å². The largest absolute Gasteiger partial charge is 0.390 e. The molecule has 2 fully saturated rings. The molecule has 5 N–H and O–H groups in total. The van der Waals surface area contributed by atoms with Crippen molar-refractivity contribution in [3.05, 3.63) is 35.2 Å². The van der Waals surface area contributed by atoms with Gasteiger partial charge in [0.25, 0.3) is 0 Å². The van der Waals surface area contributed by atoms with Crippen LogP contribution in [-0.2, 0) is 4.79 Å². The molecule has 0 aliphatic heterocycles.